The number of likely N-dealkylation sites (tertiary alicyclic amines) is 1. The van der Waals surface area contributed by atoms with E-state index in [9.17, 15) is 4.79 Å². The Kier molecular flexibility index (Phi) is 4.02. The van der Waals surface area contributed by atoms with E-state index < -0.39 is 0 Å². The molecule has 136 valence electrons. The quantitative estimate of drug-likeness (QED) is 0.599. The third kappa shape index (κ3) is 3.15. The Hall–Kier alpha value is -2.92. The lowest BCUT2D eigenvalue weighted by molar-refractivity contribution is 0.187. The van der Waals surface area contributed by atoms with Crippen LogP contribution in [-0.4, -0.2) is 28.0 Å². The highest BCUT2D eigenvalue weighted by Crippen LogP contribution is 2.29. The molecule has 5 heteroatoms. The summed E-state index contributed by atoms with van der Waals surface area (Å²) in [6.45, 7) is 2.50. The van der Waals surface area contributed by atoms with Gasteiger partial charge in [0.2, 0.25) is 0 Å². The lowest BCUT2D eigenvalue weighted by Crippen LogP contribution is -2.35. The van der Waals surface area contributed by atoms with Gasteiger partial charge in [-0.05, 0) is 49.0 Å². The van der Waals surface area contributed by atoms with Gasteiger partial charge in [0.05, 0.1) is 0 Å². The molecule has 0 saturated carbocycles. The van der Waals surface area contributed by atoms with E-state index in [2.05, 4.69) is 14.9 Å². The number of nitrogens with zero attached hydrogens (tertiary/aromatic N) is 2. The Labute approximate surface area is 156 Å². The molecule has 0 spiro atoms. The molecule has 3 heterocycles. The molecule has 0 radical (unpaired) electrons. The Morgan fingerprint density at radius 3 is 2.93 bits per heavy atom. The monoisotopic (exact) mass is 359 g/mol. The Bertz CT molecular complexity index is 1130. The molecule has 1 unspecified atom stereocenters. The third-order valence-corrected chi connectivity index (χ3v) is 5.39. The molecule has 1 atom stereocenters. The zero-order chi connectivity index (χ0) is 18.2. The predicted octanol–water partition coefficient (Wildman–Crippen LogP) is 4.05. The molecule has 5 rings (SSSR count). The van der Waals surface area contributed by atoms with Crippen LogP contribution in [0.25, 0.3) is 22.0 Å². The van der Waals surface area contributed by atoms with Crippen molar-refractivity contribution in [2.45, 2.75) is 25.3 Å². The zero-order valence-electron chi connectivity index (χ0n) is 15.0. The van der Waals surface area contributed by atoms with Crippen molar-refractivity contribution in [3.8, 4) is 0 Å². The number of hydrogen-bond acceptors (Lipinski definition) is 4. The number of H-pyrrole nitrogens is 1. The number of para-hydroxylation sites is 3. The van der Waals surface area contributed by atoms with Crippen LogP contribution in [-0.2, 0) is 6.54 Å². The molecule has 0 amide bonds. The van der Waals surface area contributed by atoms with Gasteiger partial charge in [0.1, 0.15) is 5.52 Å². The summed E-state index contributed by atoms with van der Waals surface area (Å²) in [4.78, 5) is 22.5. The number of aromatic amines is 1. The predicted molar refractivity (Wildman–Crippen MR) is 106 cm³/mol. The standard InChI is InChI=1S/C22H21N3O2/c26-21-17(12-15-6-1-2-8-18(15)23-21)14-25-11-5-7-16(13-25)22-24-19-9-3-4-10-20(19)27-22/h1-4,6,8-10,12,16H,5,7,11,13-14H2,(H,23,26). The lowest BCUT2D eigenvalue weighted by atomic mass is 9.97. The second kappa shape index (κ2) is 6.67. The van der Waals surface area contributed by atoms with Crippen LogP contribution in [0.1, 0.15) is 30.2 Å². The van der Waals surface area contributed by atoms with Crippen molar-refractivity contribution >= 4 is 22.0 Å². The van der Waals surface area contributed by atoms with E-state index in [0.717, 1.165) is 59.4 Å². The molecule has 1 fully saturated rings. The first-order valence-electron chi connectivity index (χ1n) is 9.45. The minimum Gasteiger partial charge on any atom is -0.440 e. The molecular formula is C22H21N3O2. The average Bonchev–Trinajstić information content (AvgIpc) is 3.13. The van der Waals surface area contributed by atoms with Crippen LogP contribution in [0.2, 0.25) is 0 Å². The van der Waals surface area contributed by atoms with Gasteiger partial charge >= 0.3 is 0 Å². The van der Waals surface area contributed by atoms with Crippen molar-refractivity contribution in [3.05, 3.63) is 76.4 Å². The molecule has 1 saturated heterocycles. The van der Waals surface area contributed by atoms with E-state index in [0.29, 0.717) is 6.54 Å². The molecular weight excluding hydrogens is 338 g/mol. The summed E-state index contributed by atoms with van der Waals surface area (Å²) in [6, 6.07) is 17.8. The van der Waals surface area contributed by atoms with Crippen LogP contribution in [0.4, 0.5) is 0 Å². The van der Waals surface area contributed by atoms with Gasteiger partial charge in [-0.2, -0.15) is 0 Å². The van der Waals surface area contributed by atoms with Gasteiger partial charge in [-0.1, -0.05) is 30.3 Å². The van der Waals surface area contributed by atoms with Crippen LogP contribution in [0, 0.1) is 0 Å². The smallest absolute Gasteiger partial charge is 0.252 e. The first kappa shape index (κ1) is 16.3. The molecule has 2 aromatic carbocycles. The van der Waals surface area contributed by atoms with Crippen molar-refractivity contribution < 1.29 is 4.42 Å². The van der Waals surface area contributed by atoms with Crippen molar-refractivity contribution in [1.82, 2.24) is 14.9 Å². The van der Waals surface area contributed by atoms with Crippen molar-refractivity contribution in [3.63, 3.8) is 0 Å². The van der Waals surface area contributed by atoms with E-state index in [1.54, 1.807) is 0 Å². The SMILES string of the molecule is O=c1[nH]c2ccccc2cc1CN1CCCC(c2nc3ccccc3o2)C1. The molecule has 1 N–H and O–H groups in total. The van der Waals surface area contributed by atoms with E-state index >= 15 is 0 Å². The van der Waals surface area contributed by atoms with Gasteiger partial charge in [-0.3, -0.25) is 9.69 Å². The Morgan fingerprint density at radius 2 is 2.00 bits per heavy atom. The highest BCUT2D eigenvalue weighted by atomic mass is 16.3. The van der Waals surface area contributed by atoms with Gasteiger partial charge < -0.3 is 9.40 Å². The maximum Gasteiger partial charge on any atom is 0.252 e. The summed E-state index contributed by atoms with van der Waals surface area (Å²) in [5.74, 6) is 1.08. The number of oxazole rings is 1. The van der Waals surface area contributed by atoms with Crippen LogP contribution < -0.4 is 5.56 Å². The first-order valence-corrected chi connectivity index (χ1v) is 9.45. The van der Waals surface area contributed by atoms with Gasteiger partial charge in [0, 0.05) is 30.1 Å². The maximum absolute atomic E-state index is 12.5. The van der Waals surface area contributed by atoms with Crippen LogP contribution >= 0.6 is 0 Å². The Morgan fingerprint density at radius 1 is 1.15 bits per heavy atom. The average molecular weight is 359 g/mol. The fourth-order valence-corrected chi connectivity index (χ4v) is 4.02. The molecule has 0 aliphatic carbocycles. The molecule has 5 nitrogen and oxygen atoms in total. The van der Waals surface area contributed by atoms with Crippen LogP contribution in [0.3, 0.4) is 0 Å². The van der Waals surface area contributed by atoms with Gasteiger partial charge in [0.15, 0.2) is 11.5 Å². The minimum absolute atomic E-state index is 0.00214. The topological polar surface area (TPSA) is 62.1 Å². The molecule has 1 aliphatic rings. The fraction of sp³-hybridized carbons (Fsp3) is 0.273. The summed E-state index contributed by atoms with van der Waals surface area (Å²) >= 11 is 0. The normalized spacial score (nSPS) is 18.3. The van der Waals surface area contributed by atoms with E-state index in [-0.39, 0.29) is 11.5 Å². The number of nitrogens with one attached hydrogen (secondary N) is 1. The summed E-state index contributed by atoms with van der Waals surface area (Å²) in [6.07, 6.45) is 2.15. The maximum atomic E-state index is 12.5. The number of benzene rings is 2. The molecule has 2 aromatic heterocycles. The number of hydrogen-bond donors (Lipinski definition) is 1. The number of fused-ring (bicyclic) bond motifs is 2. The van der Waals surface area contributed by atoms with E-state index in [1.165, 1.54) is 0 Å². The highest BCUT2D eigenvalue weighted by Gasteiger charge is 2.26. The molecule has 4 aromatic rings. The summed E-state index contributed by atoms with van der Waals surface area (Å²) in [7, 11) is 0. The minimum atomic E-state index is -0.00214. The van der Waals surface area contributed by atoms with Gasteiger partial charge in [0.25, 0.3) is 5.56 Å². The second-order valence-electron chi connectivity index (χ2n) is 7.31. The highest BCUT2D eigenvalue weighted by molar-refractivity contribution is 5.78. The van der Waals surface area contributed by atoms with Crippen LogP contribution in [0.15, 0.2) is 63.8 Å². The number of piperidine rings is 1. The number of aromatic nitrogens is 2. The van der Waals surface area contributed by atoms with Crippen molar-refractivity contribution in [1.29, 1.82) is 0 Å². The summed E-state index contributed by atoms with van der Waals surface area (Å²) in [5, 5.41) is 1.07. The van der Waals surface area contributed by atoms with E-state index in [4.69, 9.17) is 4.42 Å². The summed E-state index contributed by atoms with van der Waals surface area (Å²) < 4.78 is 5.98. The Balaban J connectivity index is 1.38. The van der Waals surface area contributed by atoms with E-state index in [1.807, 2.05) is 54.6 Å². The molecule has 27 heavy (non-hydrogen) atoms. The molecule has 1 aliphatic heterocycles. The van der Waals surface area contributed by atoms with Crippen LogP contribution in [0.5, 0.6) is 0 Å². The van der Waals surface area contributed by atoms with Gasteiger partial charge in [-0.25, -0.2) is 4.98 Å². The third-order valence-electron chi connectivity index (χ3n) is 5.39. The van der Waals surface area contributed by atoms with Crippen molar-refractivity contribution in [2.75, 3.05) is 13.1 Å². The molecule has 0 bridgehead atoms. The zero-order valence-corrected chi connectivity index (χ0v) is 15.0. The lowest BCUT2D eigenvalue weighted by Gasteiger charge is -2.31. The summed E-state index contributed by atoms with van der Waals surface area (Å²) in [5.41, 5.74) is 3.45. The number of pyridine rings is 1. The second-order valence-corrected chi connectivity index (χ2v) is 7.31. The first-order chi connectivity index (χ1) is 13.3. The number of rotatable bonds is 3. The van der Waals surface area contributed by atoms with Gasteiger partial charge in [-0.15, -0.1) is 0 Å². The largest absolute Gasteiger partial charge is 0.440 e. The van der Waals surface area contributed by atoms with Crippen molar-refractivity contribution in [2.24, 2.45) is 0 Å². The fourth-order valence-electron chi connectivity index (χ4n) is 4.02.